The third kappa shape index (κ3) is 5.38. The molecule has 0 radical (unpaired) electrons. The summed E-state index contributed by atoms with van der Waals surface area (Å²) in [7, 11) is 0. The minimum Gasteiger partial charge on any atom is -0.457 e. The van der Waals surface area contributed by atoms with Crippen LogP contribution < -0.4 is 15.0 Å². The molecule has 0 aliphatic carbocycles. The van der Waals surface area contributed by atoms with Crippen molar-refractivity contribution in [1.29, 1.82) is 0 Å². The second-order valence-electron chi connectivity index (χ2n) is 7.81. The average Bonchev–Trinajstić information content (AvgIpc) is 3.38. The van der Waals surface area contributed by atoms with Crippen LogP contribution in [0.2, 0.25) is 0 Å². The minimum atomic E-state index is -0.780. The van der Waals surface area contributed by atoms with Crippen LogP contribution >= 0.6 is 22.9 Å². The molecule has 0 spiro atoms. The number of alkyl halides is 1. The summed E-state index contributed by atoms with van der Waals surface area (Å²) in [6, 6.07) is 19.7. The van der Waals surface area contributed by atoms with E-state index in [0.717, 1.165) is 23.7 Å². The molecule has 8 heteroatoms. The first kappa shape index (κ1) is 23.3. The Hall–Kier alpha value is -2.87. The third-order valence-electron chi connectivity index (χ3n) is 5.57. The Morgan fingerprint density at radius 3 is 2.48 bits per heavy atom. The monoisotopic (exact) mass is 483 g/mol. The number of carbonyl (C=O) groups is 2. The van der Waals surface area contributed by atoms with Crippen LogP contribution in [0.1, 0.15) is 17.8 Å². The minimum absolute atomic E-state index is 0.0308. The molecular weight excluding hydrogens is 458 g/mol. The lowest BCUT2D eigenvalue weighted by molar-refractivity contribution is -0.137. The summed E-state index contributed by atoms with van der Waals surface area (Å²) >= 11 is 7.47. The standard InChI is InChI=1S/C25H26ClN3O3S/c1-18-17-27-13-14-28(18)25(31)24(22-8-5-15-33-22)29(23(30)16-26)19-9-11-21(12-10-19)32-20-6-3-2-4-7-20/h2-12,15,18,24,27H,13-14,16-17H2,1H3. The van der Waals surface area contributed by atoms with Gasteiger partial charge in [0.2, 0.25) is 5.91 Å². The van der Waals surface area contributed by atoms with Crippen molar-refractivity contribution in [2.75, 3.05) is 30.4 Å². The number of carbonyl (C=O) groups excluding carboxylic acids is 2. The summed E-state index contributed by atoms with van der Waals surface area (Å²) < 4.78 is 5.88. The molecule has 33 heavy (non-hydrogen) atoms. The summed E-state index contributed by atoms with van der Waals surface area (Å²) in [4.78, 5) is 31.0. The van der Waals surface area contributed by atoms with Gasteiger partial charge in [0.15, 0.2) is 0 Å². The zero-order valence-electron chi connectivity index (χ0n) is 18.3. The van der Waals surface area contributed by atoms with Gasteiger partial charge in [0.25, 0.3) is 5.91 Å². The fourth-order valence-corrected chi connectivity index (χ4v) is 4.87. The highest BCUT2D eigenvalue weighted by Crippen LogP contribution is 2.34. The van der Waals surface area contributed by atoms with Crippen LogP contribution in [0.25, 0.3) is 0 Å². The van der Waals surface area contributed by atoms with Crippen molar-refractivity contribution in [3.63, 3.8) is 0 Å². The number of nitrogens with one attached hydrogen (secondary N) is 1. The number of rotatable bonds is 7. The number of piperazine rings is 1. The molecule has 1 aromatic heterocycles. The van der Waals surface area contributed by atoms with Crippen molar-refractivity contribution in [3.8, 4) is 11.5 Å². The van der Waals surface area contributed by atoms with Gasteiger partial charge in [-0.1, -0.05) is 24.3 Å². The molecule has 0 saturated carbocycles. The van der Waals surface area contributed by atoms with Gasteiger partial charge in [-0.3, -0.25) is 14.5 Å². The molecule has 1 fully saturated rings. The van der Waals surface area contributed by atoms with Gasteiger partial charge < -0.3 is 15.0 Å². The second-order valence-corrected chi connectivity index (χ2v) is 9.06. The number of amides is 2. The highest BCUT2D eigenvalue weighted by Gasteiger charge is 2.37. The quantitative estimate of drug-likeness (QED) is 0.496. The predicted molar refractivity (Wildman–Crippen MR) is 132 cm³/mol. The van der Waals surface area contributed by atoms with Crippen LogP contribution in [0.3, 0.4) is 0 Å². The Morgan fingerprint density at radius 1 is 1.12 bits per heavy atom. The Morgan fingerprint density at radius 2 is 1.85 bits per heavy atom. The molecule has 2 unspecified atom stereocenters. The number of nitrogens with zero attached hydrogens (tertiary/aromatic N) is 2. The lowest BCUT2D eigenvalue weighted by atomic mass is 10.1. The Bertz CT molecular complexity index is 1060. The molecular formula is C25H26ClN3O3S. The number of ether oxygens (including phenoxy) is 1. The van der Waals surface area contributed by atoms with E-state index in [2.05, 4.69) is 5.32 Å². The van der Waals surface area contributed by atoms with Crippen molar-refractivity contribution in [2.24, 2.45) is 0 Å². The van der Waals surface area contributed by atoms with E-state index in [4.69, 9.17) is 16.3 Å². The maximum Gasteiger partial charge on any atom is 0.251 e. The molecule has 3 aromatic rings. The van der Waals surface area contributed by atoms with E-state index >= 15 is 0 Å². The van der Waals surface area contributed by atoms with Crippen LogP contribution in [0.15, 0.2) is 72.1 Å². The van der Waals surface area contributed by atoms with E-state index in [1.165, 1.54) is 16.2 Å². The summed E-state index contributed by atoms with van der Waals surface area (Å²) in [6.45, 7) is 4.05. The number of para-hydroxylation sites is 1. The van der Waals surface area contributed by atoms with Gasteiger partial charge in [0.1, 0.15) is 23.4 Å². The summed E-state index contributed by atoms with van der Waals surface area (Å²) in [5.41, 5.74) is 0.593. The smallest absolute Gasteiger partial charge is 0.251 e. The first-order valence-corrected chi connectivity index (χ1v) is 12.3. The lowest BCUT2D eigenvalue weighted by Gasteiger charge is -2.39. The molecule has 2 amide bonds. The fraction of sp³-hybridized carbons (Fsp3) is 0.280. The number of hydrogen-bond acceptors (Lipinski definition) is 5. The van der Waals surface area contributed by atoms with Gasteiger partial charge in [-0.15, -0.1) is 22.9 Å². The van der Waals surface area contributed by atoms with Crippen molar-refractivity contribution < 1.29 is 14.3 Å². The first-order chi connectivity index (χ1) is 16.1. The first-order valence-electron chi connectivity index (χ1n) is 10.8. The number of thiophene rings is 1. The van der Waals surface area contributed by atoms with Crippen LogP contribution in [0.4, 0.5) is 5.69 Å². The van der Waals surface area contributed by atoms with E-state index in [1.807, 2.05) is 59.7 Å². The molecule has 172 valence electrons. The molecule has 1 saturated heterocycles. The Balaban J connectivity index is 1.67. The fourth-order valence-electron chi connectivity index (χ4n) is 3.93. The second kappa shape index (κ2) is 10.8. The lowest BCUT2D eigenvalue weighted by Crippen LogP contribution is -2.56. The number of benzene rings is 2. The van der Waals surface area contributed by atoms with Gasteiger partial charge in [0, 0.05) is 36.2 Å². The van der Waals surface area contributed by atoms with Crippen molar-refractivity contribution in [2.45, 2.75) is 19.0 Å². The van der Waals surface area contributed by atoms with Gasteiger partial charge >= 0.3 is 0 Å². The molecule has 0 bridgehead atoms. The SMILES string of the molecule is CC1CNCCN1C(=O)C(c1cccs1)N(C(=O)CCl)c1ccc(Oc2ccccc2)cc1. The van der Waals surface area contributed by atoms with E-state index in [0.29, 0.717) is 18.0 Å². The summed E-state index contributed by atoms with van der Waals surface area (Å²) in [6.07, 6.45) is 0. The van der Waals surface area contributed by atoms with Crippen LogP contribution in [-0.4, -0.2) is 48.3 Å². The van der Waals surface area contributed by atoms with E-state index in [1.54, 1.807) is 24.3 Å². The van der Waals surface area contributed by atoms with Gasteiger partial charge in [-0.25, -0.2) is 0 Å². The Labute approximate surface area is 202 Å². The van der Waals surface area contributed by atoms with Gasteiger partial charge in [-0.05, 0) is 54.8 Å². The van der Waals surface area contributed by atoms with Gasteiger partial charge in [0.05, 0.1) is 0 Å². The zero-order chi connectivity index (χ0) is 23.2. The van der Waals surface area contributed by atoms with E-state index < -0.39 is 6.04 Å². The van der Waals surface area contributed by atoms with Gasteiger partial charge in [-0.2, -0.15) is 0 Å². The number of hydrogen-bond donors (Lipinski definition) is 1. The zero-order valence-corrected chi connectivity index (χ0v) is 19.9. The average molecular weight is 484 g/mol. The van der Waals surface area contributed by atoms with Crippen molar-refractivity contribution >= 4 is 40.4 Å². The maximum atomic E-state index is 13.8. The predicted octanol–water partition coefficient (Wildman–Crippen LogP) is 4.67. The Kier molecular flexibility index (Phi) is 7.65. The molecule has 2 aromatic carbocycles. The van der Waals surface area contributed by atoms with Crippen molar-refractivity contribution in [3.05, 3.63) is 77.0 Å². The molecule has 4 rings (SSSR count). The van der Waals surface area contributed by atoms with Crippen LogP contribution in [0, 0.1) is 0 Å². The molecule has 1 N–H and O–H groups in total. The molecule has 6 nitrogen and oxygen atoms in total. The van der Waals surface area contributed by atoms with Crippen LogP contribution in [0.5, 0.6) is 11.5 Å². The summed E-state index contributed by atoms with van der Waals surface area (Å²) in [5.74, 6) is 0.697. The molecule has 2 heterocycles. The van der Waals surface area contributed by atoms with Crippen LogP contribution in [-0.2, 0) is 9.59 Å². The largest absolute Gasteiger partial charge is 0.457 e. The highest BCUT2D eigenvalue weighted by atomic mass is 35.5. The number of halogens is 1. The molecule has 1 aliphatic rings. The van der Waals surface area contributed by atoms with E-state index in [-0.39, 0.29) is 23.7 Å². The topological polar surface area (TPSA) is 61.9 Å². The molecule has 2 atom stereocenters. The highest BCUT2D eigenvalue weighted by molar-refractivity contribution is 7.10. The molecule has 1 aliphatic heterocycles. The van der Waals surface area contributed by atoms with E-state index in [9.17, 15) is 9.59 Å². The third-order valence-corrected chi connectivity index (χ3v) is 6.72. The summed E-state index contributed by atoms with van der Waals surface area (Å²) in [5, 5.41) is 5.22. The maximum absolute atomic E-state index is 13.8. The normalized spacial score (nSPS) is 16.8. The van der Waals surface area contributed by atoms with Crippen molar-refractivity contribution in [1.82, 2.24) is 10.2 Å². The number of anilines is 1.